The van der Waals surface area contributed by atoms with Crippen molar-refractivity contribution in [3.8, 4) is 28.4 Å². The topological polar surface area (TPSA) is 46.2 Å². The maximum atomic E-state index is 7.54. The fourth-order valence-electron chi connectivity index (χ4n) is 7.96. The van der Waals surface area contributed by atoms with Crippen molar-refractivity contribution in [1.29, 1.82) is 0 Å². The van der Waals surface area contributed by atoms with Crippen molar-refractivity contribution in [2.45, 2.75) is 78.4 Å². The van der Waals surface area contributed by atoms with E-state index < -0.39 is 20.2 Å². The molecule has 5 aromatic rings. The molecule has 5 nitrogen and oxygen atoms in total. The molecule has 2 atom stereocenters. The lowest BCUT2D eigenvalue weighted by Gasteiger charge is -2.39. The van der Waals surface area contributed by atoms with Crippen LogP contribution in [0.3, 0.4) is 0 Å². The number of methoxy groups -OCH3 is 2. The Bertz CT molecular complexity index is 2010. The van der Waals surface area contributed by atoms with E-state index in [0.29, 0.717) is 0 Å². The van der Waals surface area contributed by atoms with E-state index in [4.69, 9.17) is 22.8 Å². The van der Waals surface area contributed by atoms with Gasteiger partial charge < -0.3 is 22.8 Å². The van der Waals surface area contributed by atoms with Gasteiger partial charge in [-0.2, -0.15) is 0 Å². The van der Waals surface area contributed by atoms with Crippen LogP contribution in [0, 0.1) is 13.8 Å². The maximum absolute atomic E-state index is 7.54. The van der Waals surface area contributed by atoms with E-state index in [-0.39, 0.29) is 34.4 Å². The molecule has 0 fully saturated rings. The van der Waals surface area contributed by atoms with Gasteiger partial charge in [0.15, 0.2) is 14.6 Å². The van der Waals surface area contributed by atoms with Crippen molar-refractivity contribution in [2.75, 3.05) is 14.2 Å². The average molecular weight is 749 g/mol. The molecule has 2 unspecified atom stereocenters. The van der Waals surface area contributed by atoms with E-state index in [2.05, 4.69) is 107 Å². The van der Waals surface area contributed by atoms with E-state index >= 15 is 0 Å². The average Bonchev–Trinajstić information content (AvgIpc) is 3.38. The summed E-state index contributed by atoms with van der Waals surface area (Å²) in [4.78, 5) is 0. The third kappa shape index (κ3) is 6.83. The fraction of sp³-hybridized carbons (Fsp3) is 0.318. The normalized spacial score (nSPS) is 17.3. The van der Waals surface area contributed by atoms with Crippen LogP contribution in [0.25, 0.3) is 28.0 Å². The van der Waals surface area contributed by atoms with Gasteiger partial charge in [0, 0.05) is 27.6 Å². The second-order valence-electron chi connectivity index (χ2n) is 13.9. The van der Waals surface area contributed by atoms with Crippen molar-refractivity contribution in [3.63, 3.8) is 0 Å². The molecule has 0 aromatic heterocycles. The van der Waals surface area contributed by atoms with Crippen LogP contribution in [0.2, 0.25) is 25.2 Å². The predicted octanol–water partition coefficient (Wildman–Crippen LogP) is 9.75. The van der Waals surface area contributed by atoms with Crippen molar-refractivity contribution >= 4 is 45.4 Å². The zero-order valence-electron chi connectivity index (χ0n) is 30.4. The second kappa shape index (κ2) is 16.0. The van der Waals surface area contributed by atoms with E-state index in [9.17, 15) is 0 Å². The number of fused-ring (bicyclic) bond motifs is 8. The monoisotopic (exact) mass is 748 g/mol. The molecule has 274 valence electrons. The van der Waals surface area contributed by atoms with E-state index in [0.717, 1.165) is 45.4 Å². The number of hydrogen-bond donors (Lipinski definition) is 0. The standard InChI is InChI=1S/C42H48O5Si3.2CH4/c1-27-9-19-33-36(25-27)40-35(21-22-42(45-40,29-11-15-31(43-4)16-12-29)30-13-17-32(44-5)18-14-30)39-38(33)34-20-10-28(2)26-37(34)41(39,3)46-50(7)24-8-23-49-47-48-6;;/h9-22,25-26,50H,8,23-24,48-49H2,1-7H3;2*1H4. The molecule has 0 spiro atoms. The first-order valence-electron chi connectivity index (χ1n) is 17.9. The molecule has 2 aliphatic rings. The van der Waals surface area contributed by atoms with E-state index in [1.807, 2.05) is 24.3 Å². The first kappa shape index (κ1) is 39.3. The summed E-state index contributed by atoms with van der Waals surface area (Å²) in [6.07, 6.45) is 5.73. The zero-order valence-corrected chi connectivity index (χ0v) is 34.4. The summed E-state index contributed by atoms with van der Waals surface area (Å²) in [6, 6.07) is 32.5. The second-order valence-corrected chi connectivity index (χ2v) is 19.6. The van der Waals surface area contributed by atoms with Gasteiger partial charge in [0.1, 0.15) is 42.4 Å². The smallest absolute Gasteiger partial charge is 0.178 e. The van der Waals surface area contributed by atoms with Gasteiger partial charge in [-0.1, -0.05) is 99.6 Å². The summed E-state index contributed by atoms with van der Waals surface area (Å²) >= 11 is 0. The quantitative estimate of drug-likeness (QED) is 0.0940. The van der Waals surface area contributed by atoms with Crippen LogP contribution in [-0.2, 0) is 19.7 Å². The highest BCUT2D eigenvalue weighted by molar-refractivity contribution is 6.50. The summed E-state index contributed by atoms with van der Waals surface area (Å²) in [6.45, 7) is 11.3. The Labute approximate surface area is 317 Å². The minimum atomic E-state index is -1.57. The molecular formula is C44H56O5Si3. The van der Waals surface area contributed by atoms with Gasteiger partial charge in [0.05, 0.1) is 14.2 Å². The zero-order chi connectivity index (χ0) is 35.0. The Morgan fingerprint density at radius 2 is 1.40 bits per heavy atom. The molecule has 0 radical (unpaired) electrons. The van der Waals surface area contributed by atoms with Gasteiger partial charge >= 0.3 is 0 Å². The number of ether oxygens (including phenoxy) is 3. The molecule has 0 amide bonds. The summed E-state index contributed by atoms with van der Waals surface area (Å²) in [7, 11) is 1.15. The fourth-order valence-corrected chi connectivity index (χ4v) is 13.0. The molecule has 0 saturated carbocycles. The highest BCUT2D eigenvalue weighted by Crippen LogP contribution is 2.59. The lowest BCUT2D eigenvalue weighted by Crippen LogP contribution is -2.36. The summed E-state index contributed by atoms with van der Waals surface area (Å²) in [5.74, 6) is 2.50. The van der Waals surface area contributed by atoms with Crippen LogP contribution < -0.4 is 14.2 Å². The molecule has 7 rings (SSSR count). The van der Waals surface area contributed by atoms with Gasteiger partial charge in [-0.25, -0.2) is 0 Å². The third-order valence-corrected chi connectivity index (χ3v) is 16.1. The Morgan fingerprint density at radius 1 is 0.788 bits per heavy atom. The Hall–Kier alpha value is -3.93. The Balaban J connectivity index is 0.00000261. The molecule has 0 N–H and O–H groups in total. The van der Waals surface area contributed by atoms with Gasteiger partial charge in [0.25, 0.3) is 0 Å². The molecule has 1 aliphatic carbocycles. The van der Waals surface area contributed by atoms with Crippen molar-refractivity contribution in [1.82, 2.24) is 0 Å². The van der Waals surface area contributed by atoms with Crippen LogP contribution in [0.15, 0.2) is 91.0 Å². The molecule has 8 heteroatoms. The highest BCUT2D eigenvalue weighted by Gasteiger charge is 2.47. The maximum Gasteiger partial charge on any atom is 0.178 e. The summed E-state index contributed by atoms with van der Waals surface area (Å²) < 4.78 is 32.0. The predicted molar refractivity (Wildman–Crippen MR) is 228 cm³/mol. The van der Waals surface area contributed by atoms with Crippen LogP contribution in [-0.4, -0.2) is 42.8 Å². The Morgan fingerprint density at radius 3 is 2.02 bits per heavy atom. The first-order valence-corrected chi connectivity index (χ1v) is 23.9. The van der Waals surface area contributed by atoms with Crippen molar-refractivity contribution in [3.05, 3.63) is 130 Å². The molecule has 0 bridgehead atoms. The van der Waals surface area contributed by atoms with Crippen LogP contribution in [0.5, 0.6) is 17.2 Å². The van der Waals surface area contributed by atoms with Crippen molar-refractivity contribution < 1.29 is 22.8 Å². The Kier molecular flexibility index (Phi) is 12.1. The molecule has 1 aliphatic heterocycles. The summed E-state index contributed by atoms with van der Waals surface area (Å²) in [5, 5.41) is 2.30. The van der Waals surface area contributed by atoms with Gasteiger partial charge in [-0.05, 0) is 97.9 Å². The largest absolute Gasteiger partial charge is 0.497 e. The first-order chi connectivity index (χ1) is 24.2. The van der Waals surface area contributed by atoms with Crippen LogP contribution in [0.4, 0.5) is 0 Å². The highest BCUT2D eigenvalue weighted by atomic mass is 28.3. The lowest BCUT2D eigenvalue weighted by atomic mass is 9.80. The minimum Gasteiger partial charge on any atom is -0.497 e. The number of aryl methyl sites for hydroxylation is 2. The minimum absolute atomic E-state index is 0. The van der Waals surface area contributed by atoms with Crippen molar-refractivity contribution in [2.24, 2.45) is 0 Å². The lowest BCUT2D eigenvalue weighted by molar-refractivity contribution is 0.132. The van der Waals surface area contributed by atoms with E-state index in [1.54, 1.807) is 14.2 Å². The van der Waals surface area contributed by atoms with Crippen LogP contribution >= 0.6 is 0 Å². The number of rotatable bonds is 12. The van der Waals surface area contributed by atoms with Gasteiger partial charge in [0.2, 0.25) is 0 Å². The van der Waals surface area contributed by atoms with E-state index in [1.165, 1.54) is 51.2 Å². The number of hydrogen-bond acceptors (Lipinski definition) is 5. The molecule has 0 saturated heterocycles. The van der Waals surface area contributed by atoms with Gasteiger partial charge in [-0.15, -0.1) is 0 Å². The SMILES string of the molecule is C.C.COc1ccc(C2(c3ccc(OC)cc3)C=Cc3c4c(c5ccc(C)cc5c3O2)-c2ccc(C)cc2C4(C)O[SiH](C)CCC[SiH2]O[SiH2]C)cc1. The molecular weight excluding hydrogens is 693 g/mol. The third-order valence-electron chi connectivity index (χ3n) is 10.5. The van der Waals surface area contributed by atoms with Gasteiger partial charge in [-0.3, -0.25) is 0 Å². The summed E-state index contributed by atoms with van der Waals surface area (Å²) in [5.41, 5.74) is 9.07. The molecule has 52 heavy (non-hydrogen) atoms. The molecule has 5 aromatic carbocycles. The number of benzene rings is 5. The molecule has 1 heterocycles. The van der Waals surface area contributed by atoms with Crippen LogP contribution in [0.1, 0.15) is 67.1 Å².